The third kappa shape index (κ3) is 5.62. The van der Waals surface area contributed by atoms with Crippen molar-refractivity contribution in [2.45, 2.75) is 32.2 Å². The largest absolute Gasteiger partial charge is 0.375 e. The summed E-state index contributed by atoms with van der Waals surface area (Å²) < 4.78 is 0. The summed E-state index contributed by atoms with van der Waals surface area (Å²) in [6.07, 6.45) is 2.64. The van der Waals surface area contributed by atoms with Crippen molar-refractivity contribution in [3.05, 3.63) is 65.7 Å². The smallest absolute Gasteiger partial charge is 0.251 e. The second-order valence-corrected chi connectivity index (χ2v) is 6.44. The fraction of sp³-hybridized carbons (Fsp3) is 0.333. The Kier molecular flexibility index (Phi) is 7.21. The summed E-state index contributed by atoms with van der Waals surface area (Å²) in [6, 6.07) is 16.1. The lowest BCUT2D eigenvalue weighted by Crippen LogP contribution is -2.45. The van der Waals surface area contributed by atoms with Crippen molar-refractivity contribution in [3.8, 4) is 0 Å². The summed E-state index contributed by atoms with van der Waals surface area (Å²) in [7, 11) is 2.04. The number of nitrogens with one attached hydrogen (secondary N) is 1. The van der Waals surface area contributed by atoms with Crippen LogP contribution in [0.3, 0.4) is 0 Å². The molecule has 5 heteroatoms. The van der Waals surface area contributed by atoms with Crippen LogP contribution in [0.2, 0.25) is 0 Å². The van der Waals surface area contributed by atoms with Crippen LogP contribution < -0.4 is 16.0 Å². The van der Waals surface area contributed by atoms with Crippen LogP contribution >= 0.6 is 0 Å². The second-order valence-electron chi connectivity index (χ2n) is 6.44. The van der Waals surface area contributed by atoms with Gasteiger partial charge in [0, 0.05) is 31.3 Å². The van der Waals surface area contributed by atoms with E-state index < -0.39 is 11.9 Å². The van der Waals surface area contributed by atoms with Gasteiger partial charge < -0.3 is 16.0 Å². The summed E-state index contributed by atoms with van der Waals surface area (Å²) in [5.74, 6) is -0.842. The fourth-order valence-corrected chi connectivity index (χ4v) is 2.71. The normalized spacial score (nSPS) is 11.6. The predicted octanol–water partition coefficient (Wildman–Crippen LogP) is 2.75. The lowest BCUT2D eigenvalue weighted by atomic mass is 10.0. The molecule has 0 aliphatic rings. The maximum absolute atomic E-state index is 12.5. The highest BCUT2D eigenvalue weighted by atomic mass is 16.2. The molecule has 0 heterocycles. The summed E-state index contributed by atoms with van der Waals surface area (Å²) >= 11 is 0. The van der Waals surface area contributed by atoms with Crippen molar-refractivity contribution in [2.75, 3.05) is 18.5 Å². The maximum atomic E-state index is 12.5. The lowest BCUT2D eigenvalue weighted by Gasteiger charge is -2.19. The monoisotopic (exact) mass is 353 g/mol. The van der Waals surface area contributed by atoms with E-state index >= 15 is 0 Å². The van der Waals surface area contributed by atoms with E-state index in [4.69, 9.17) is 5.73 Å². The van der Waals surface area contributed by atoms with Crippen molar-refractivity contribution in [3.63, 3.8) is 0 Å². The van der Waals surface area contributed by atoms with Gasteiger partial charge in [0.05, 0.1) is 0 Å². The van der Waals surface area contributed by atoms with Crippen molar-refractivity contribution < 1.29 is 9.59 Å². The van der Waals surface area contributed by atoms with Gasteiger partial charge in [0.1, 0.15) is 6.04 Å². The van der Waals surface area contributed by atoms with E-state index in [9.17, 15) is 9.59 Å². The molecule has 0 radical (unpaired) electrons. The average molecular weight is 353 g/mol. The molecular weight excluding hydrogens is 326 g/mol. The summed E-state index contributed by atoms with van der Waals surface area (Å²) in [5, 5.41) is 2.74. The Labute approximate surface area is 155 Å². The molecule has 0 aliphatic carbocycles. The highest BCUT2D eigenvalue weighted by Crippen LogP contribution is 2.15. The first-order valence-electron chi connectivity index (χ1n) is 8.96. The molecule has 2 aromatic carbocycles. The first kappa shape index (κ1) is 19.5. The fourth-order valence-electron chi connectivity index (χ4n) is 2.71. The number of hydrogen-bond acceptors (Lipinski definition) is 3. The van der Waals surface area contributed by atoms with Gasteiger partial charge >= 0.3 is 0 Å². The van der Waals surface area contributed by atoms with Gasteiger partial charge in [-0.15, -0.1) is 0 Å². The molecule has 138 valence electrons. The zero-order chi connectivity index (χ0) is 18.9. The number of carbonyl (C=O) groups is 2. The third-order valence-electron chi connectivity index (χ3n) is 4.35. The van der Waals surface area contributed by atoms with Gasteiger partial charge in [-0.1, -0.05) is 43.7 Å². The molecule has 0 bridgehead atoms. The molecule has 3 N–H and O–H groups in total. The highest BCUT2D eigenvalue weighted by Gasteiger charge is 2.19. The Balaban J connectivity index is 2.01. The standard InChI is InChI=1S/C21H27N3O2/c1-3-4-14-24(2)18-12-10-17(11-13-18)21(26)23-19(20(22)25)15-16-8-6-5-7-9-16/h5-13,19H,3-4,14-15H2,1-2H3,(H2,22,25)(H,23,26). The minimum atomic E-state index is -0.739. The van der Waals surface area contributed by atoms with E-state index in [-0.39, 0.29) is 5.91 Å². The van der Waals surface area contributed by atoms with E-state index in [2.05, 4.69) is 17.1 Å². The molecule has 5 nitrogen and oxygen atoms in total. The van der Waals surface area contributed by atoms with E-state index in [1.54, 1.807) is 12.1 Å². The van der Waals surface area contributed by atoms with Crippen LogP contribution in [-0.4, -0.2) is 31.4 Å². The van der Waals surface area contributed by atoms with Gasteiger partial charge in [-0.3, -0.25) is 9.59 Å². The second kappa shape index (κ2) is 9.61. The summed E-state index contributed by atoms with van der Waals surface area (Å²) in [4.78, 5) is 26.3. The van der Waals surface area contributed by atoms with Crippen LogP contribution in [0.15, 0.2) is 54.6 Å². The average Bonchev–Trinajstić information content (AvgIpc) is 2.66. The minimum Gasteiger partial charge on any atom is -0.375 e. The minimum absolute atomic E-state index is 0.299. The molecule has 2 amide bonds. The van der Waals surface area contributed by atoms with E-state index in [0.717, 1.165) is 30.6 Å². The zero-order valence-corrected chi connectivity index (χ0v) is 15.4. The predicted molar refractivity (Wildman–Crippen MR) is 105 cm³/mol. The molecule has 2 rings (SSSR count). The SMILES string of the molecule is CCCCN(C)c1ccc(C(=O)NC(Cc2ccccc2)C(N)=O)cc1. The number of amides is 2. The Hall–Kier alpha value is -2.82. The lowest BCUT2D eigenvalue weighted by molar-refractivity contribution is -0.119. The Morgan fingerprint density at radius 1 is 1.08 bits per heavy atom. The first-order chi connectivity index (χ1) is 12.5. The third-order valence-corrected chi connectivity index (χ3v) is 4.35. The van der Waals surface area contributed by atoms with Gasteiger partial charge in [0.15, 0.2) is 0 Å². The molecular formula is C21H27N3O2. The van der Waals surface area contributed by atoms with Gasteiger partial charge in [0.2, 0.25) is 5.91 Å². The van der Waals surface area contributed by atoms with E-state index in [1.165, 1.54) is 0 Å². The van der Waals surface area contributed by atoms with Crippen LogP contribution in [0.1, 0.15) is 35.7 Å². The molecule has 26 heavy (non-hydrogen) atoms. The molecule has 0 aliphatic heterocycles. The number of benzene rings is 2. The maximum Gasteiger partial charge on any atom is 0.251 e. The van der Waals surface area contributed by atoms with Crippen LogP contribution in [-0.2, 0) is 11.2 Å². The molecule has 0 fully saturated rings. The number of anilines is 1. The Morgan fingerprint density at radius 2 is 1.73 bits per heavy atom. The number of nitrogens with two attached hydrogens (primary N) is 1. The first-order valence-corrected chi connectivity index (χ1v) is 8.96. The van der Waals surface area contributed by atoms with Crippen molar-refractivity contribution in [1.82, 2.24) is 5.32 Å². The molecule has 1 unspecified atom stereocenters. The number of primary amides is 1. The number of rotatable bonds is 9. The van der Waals surface area contributed by atoms with Crippen LogP contribution in [0, 0.1) is 0 Å². The summed E-state index contributed by atoms with van der Waals surface area (Å²) in [5.41, 5.74) is 7.98. The Morgan fingerprint density at radius 3 is 2.31 bits per heavy atom. The van der Waals surface area contributed by atoms with Crippen molar-refractivity contribution in [2.24, 2.45) is 5.73 Å². The molecule has 0 saturated heterocycles. The van der Waals surface area contributed by atoms with Crippen LogP contribution in [0.25, 0.3) is 0 Å². The quantitative estimate of drug-likeness (QED) is 0.728. The van der Waals surface area contributed by atoms with Crippen molar-refractivity contribution >= 4 is 17.5 Å². The zero-order valence-electron chi connectivity index (χ0n) is 15.4. The number of nitrogens with zero attached hydrogens (tertiary/aromatic N) is 1. The number of hydrogen-bond donors (Lipinski definition) is 2. The van der Waals surface area contributed by atoms with E-state index in [0.29, 0.717) is 12.0 Å². The molecule has 2 aromatic rings. The van der Waals surface area contributed by atoms with Crippen molar-refractivity contribution in [1.29, 1.82) is 0 Å². The molecule has 1 atom stereocenters. The molecule has 0 saturated carbocycles. The topological polar surface area (TPSA) is 75.4 Å². The van der Waals surface area contributed by atoms with Crippen LogP contribution in [0.4, 0.5) is 5.69 Å². The van der Waals surface area contributed by atoms with Crippen LogP contribution in [0.5, 0.6) is 0 Å². The summed E-state index contributed by atoms with van der Waals surface area (Å²) in [6.45, 7) is 3.13. The van der Waals surface area contributed by atoms with Gasteiger partial charge in [0.25, 0.3) is 5.91 Å². The number of carbonyl (C=O) groups excluding carboxylic acids is 2. The molecule has 0 aromatic heterocycles. The van der Waals surface area contributed by atoms with Gasteiger partial charge in [-0.25, -0.2) is 0 Å². The Bertz CT molecular complexity index is 714. The van der Waals surface area contributed by atoms with E-state index in [1.807, 2.05) is 49.5 Å². The van der Waals surface area contributed by atoms with Gasteiger partial charge in [-0.2, -0.15) is 0 Å². The highest BCUT2D eigenvalue weighted by molar-refractivity contribution is 5.97. The number of unbranched alkanes of at least 4 members (excludes halogenated alkanes) is 1. The van der Waals surface area contributed by atoms with Gasteiger partial charge in [-0.05, 0) is 36.2 Å². The molecule has 0 spiro atoms.